The normalized spacial score (nSPS) is 9.29. The summed E-state index contributed by atoms with van der Waals surface area (Å²) in [5.74, 6) is 5.99. The summed E-state index contributed by atoms with van der Waals surface area (Å²) in [5.41, 5.74) is 2.06. The van der Waals surface area contributed by atoms with Crippen LogP contribution < -0.4 is 5.32 Å². The summed E-state index contributed by atoms with van der Waals surface area (Å²) in [6, 6.07) is 7.81. The fourth-order valence-electron chi connectivity index (χ4n) is 1.35. The van der Waals surface area contributed by atoms with Gasteiger partial charge in [0.2, 0.25) is 5.91 Å². The molecule has 17 heavy (non-hydrogen) atoms. The van der Waals surface area contributed by atoms with Crippen LogP contribution in [-0.4, -0.2) is 24.2 Å². The van der Waals surface area contributed by atoms with Crippen molar-refractivity contribution >= 4 is 5.91 Å². The first-order valence-corrected chi connectivity index (χ1v) is 5.65. The maximum Gasteiger partial charge on any atom is 0.216 e. The predicted molar refractivity (Wildman–Crippen MR) is 67.4 cm³/mol. The summed E-state index contributed by atoms with van der Waals surface area (Å²) in [5, 5.41) is 11.5. The summed E-state index contributed by atoms with van der Waals surface area (Å²) in [7, 11) is 0. The van der Waals surface area contributed by atoms with Crippen molar-refractivity contribution in [1.29, 1.82) is 0 Å². The van der Waals surface area contributed by atoms with Crippen LogP contribution >= 0.6 is 0 Å². The molecule has 1 amide bonds. The minimum atomic E-state index is -0.0276. The Morgan fingerprint density at radius 3 is 2.65 bits per heavy atom. The third-order valence-corrected chi connectivity index (χ3v) is 2.21. The number of hydrogen-bond donors (Lipinski definition) is 2. The molecule has 90 valence electrons. The van der Waals surface area contributed by atoms with Gasteiger partial charge in [-0.05, 0) is 24.1 Å². The lowest BCUT2D eigenvalue weighted by atomic mass is 10.1. The zero-order valence-corrected chi connectivity index (χ0v) is 9.99. The minimum Gasteiger partial charge on any atom is -0.396 e. The van der Waals surface area contributed by atoms with Crippen LogP contribution in [0.3, 0.4) is 0 Å². The zero-order chi connectivity index (χ0) is 12.5. The minimum absolute atomic E-state index is 0.0276. The van der Waals surface area contributed by atoms with Crippen LogP contribution in [0.4, 0.5) is 0 Å². The molecule has 1 aromatic rings. The van der Waals surface area contributed by atoms with E-state index in [0.29, 0.717) is 19.4 Å². The Bertz CT molecular complexity index is 412. The van der Waals surface area contributed by atoms with Gasteiger partial charge in [0.05, 0.1) is 0 Å². The molecule has 0 unspecified atom stereocenters. The van der Waals surface area contributed by atoms with Gasteiger partial charge in [0.25, 0.3) is 0 Å². The fourth-order valence-corrected chi connectivity index (χ4v) is 1.35. The molecule has 0 bridgehead atoms. The summed E-state index contributed by atoms with van der Waals surface area (Å²) >= 11 is 0. The number of hydrogen-bond acceptors (Lipinski definition) is 2. The molecule has 3 heteroatoms. The van der Waals surface area contributed by atoms with E-state index in [0.717, 1.165) is 11.1 Å². The van der Waals surface area contributed by atoms with E-state index < -0.39 is 0 Å². The summed E-state index contributed by atoms with van der Waals surface area (Å²) < 4.78 is 0. The first kappa shape index (κ1) is 13.3. The number of benzene rings is 1. The number of carbonyl (C=O) groups excluding carboxylic acids is 1. The van der Waals surface area contributed by atoms with E-state index in [1.807, 2.05) is 24.3 Å². The van der Waals surface area contributed by atoms with Crippen molar-refractivity contribution in [3.05, 3.63) is 35.4 Å². The smallest absolute Gasteiger partial charge is 0.216 e. The molecule has 0 aromatic heterocycles. The highest BCUT2D eigenvalue weighted by molar-refractivity contribution is 5.72. The first-order valence-electron chi connectivity index (χ1n) is 5.65. The second-order valence-corrected chi connectivity index (χ2v) is 3.71. The third kappa shape index (κ3) is 5.74. The zero-order valence-electron chi connectivity index (χ0n) is 9.99. The van der Waals surface area contributed by atoms with Gasteiger partial charge in [-0.15, -0.1) is 0 Å². The van der Waals surface area contributed by atoms with E-state index in [2.05, 4.69) is 17.2 Å². The maximum absolute atomic E-state index is 10.6. The fraction of sp³-hybridized carbons (Fsp3) is 0.357. The second kappa shape index (κ2) is 7.48. The Hall–Kier alpha value is -1.79. The molecule has 0 spiro atoms. The molecule has 2 N–H and O–H groups in total. The van der Waals surface area contributed by atoms with Gasteiger partial charge in [-0.2, -0.15) is 0 Å². The highest BCUT2D eigenvalue weighted by Crippen LogP contribution is 2.03. The van der Waals surface area contributed by atoms with Crippen LogP contribution in [0.15, 0.2) is 24.3 Å². The Kier molecular flexibility index (Phi) is 5.84. The highest BCUT2D eigenvalue weighted by atomic mass is 16.2. The molecular weight excluding hydrogens is 214 g/mol. The lowest BCUT2D eigenvalue weighted by Crippen LogP contribution is -2.20. The number of carbonyl (C=O) groups is 1. The van der Waals surface area contributed by atoms with E-state index in [9.17, 15) is 4.79 Å². The molecule has 0 radical (unpaired) electrons. The molecule has 0 heterocycles. The third-order valence-electron chi connectivity index (χ3n) is 2.21. The number of rotatable bonds is 4. The van der Waals surface area contributed by atoms with Gasteiger partial charge in [0.15, 0.2) is 0 Å². The molecule has 1 rings (SSSR count). The molecule has 0 saturated heterocycles. The van der Waals surface area contributed by atoms with Gasteiger partial charge in [-0.1, -0.05) is 24.0 Å². The van der Waals surface area contributed by atoms with Crippen LogP contribution in [0.25, 0.3) is 0 Å². The van der Waals surface area contributed by atoms with Gasteiger partial charge in [-0.3, -0.25) is 4.79 Å². The lowest BCUT2D eigenvalue weighted by Gasteiger charge is -1.97. The largest absolute Gasteiger partial charge is 0.396 e. The van der Waals surface area contributed by atoms with Crippen molar-refractivity contribution in [3.8, 4) is 11.8 Å². The Morgan fingerprint density at radius 2 is 2.06 bits per heavy atom. The molecule has 0 aliphatic carbocycles. The van der Waals surface area contributed by atoms with E-state index in [1.165, 1.54) is 6.92 Å². The first-order chi connectivity index (χ1) is 8.22. The van der Waals surface area contributed by atoms with Crippen LogP contribution in [-0.2, 0) is 11.2 Å². The molecule has 0 fully saturated rings. The topological polar surface area (TPSA) is 49.3 Å². The number of aliphatic hydroxyl groups excluding tert-OH is 1. The van der Waals surface area contributed by atoms with Gasteiger partial charge >= 0.3 is 0 Å². The van der Waals surface area contributed by atoms with Crippen molar-refractivity contribution in [3.63, 3.8) is 0 Å². The van der Waals surface area contributed by atoms with Crippen molar-refractivity contribution in [2.75, 3.05) is 13.2 Å². The van der Waals surface area contributed by atoms with Gasteiger partial charge in [0, 0.05) is 32.1 Å². The molecule has 3 nitrogen and oxygen atoms in total. The Labute approximate surface area is 102 Å². The van der Waals surface area contributed by atoms with E-state index in [4.69, 9.17) is 5.11 Å². The van der Waals surface area contributed by atoms with E-state index in [-0.39, 0.29) is 12.5 Å². The summed E-state index contributed by atoms with van der Waals surface area (Å²) in [4.78, 5) is 10.6. The highest BCUT2D eigenvalue weighted by Gasteiger charge is 1.91. The van der Waals surface area contributed by atoms with Gasteiger partial charge < -0.3 is 10.4 Å². The standard InChI is InChI=1S/C14H17NO2/c1-12(17)15-10-3-2-4-13-5-7-14(8-6-13)9-11-16/h5-8,16H,3,9-11H2,1H3,(H,15,17). The second-order valence-electron chi connectivity index (χ2n) is 3.71. The average Bonchev–Trinajstić information content (AvgIpc) is 2.31. The molecule has 0 atom stereocenters. The average molecular weight is 231 g/mol. The van der Waals surface area contributed by atoms with Crippen LogP contribution in [0.2, 0.25) is 0 Å². The van der Waals surface area contributed by atoms with Crippen LogP contribution in [0, 0.1) is 11.8 Å². The van der Waals surface area contributed by atoms with Gasteiger partial charge in [-0.25, -0.2) is 0 Å². The number of nitrogens with one attached hydrogen (secondary N) is 1. The van der Waals surface area contributed by atoms with Crippen molar-refractivity contribution in [2.45, 2.75) is 19.8 Å². The van der Waals surface area contributed by atoms with Crippen molar-refractivity contribution in [2.24, 2.45) is 0 Å². The van der Waals surface area contributed by atoms with Crippen LogP contribution in [0.5, 0.6) is 0 Å². The van der Waals surface area contributed by atoms with E-state index >= 15 is 0 Å². The molecule has 0 saturated carbocycles. The molecular formula is C14H17NO2. The summed E-state index contributed by atoms with van der Waals surface area (Å²) in [6.45, 7) is 2.25. The van der Waals surface area contributed by atoms with Crippen molar-refractivity contribution < 1.29 is 9.90 Å². The Morgan fingerprint density at radius 1 is 1.35 bits per heavy atom. The van der Waals surface area contributed by atoms with E-state index in [1.54, 1.807) is 0 Å². The molecule has 0 aliphatic heterocycles. The maximum atomic E-state index is 10.6. The quantitative estimate of drug-likeness (QED) is 0.602. The molecule has 1 aromatic carbocycles. The van der Waals surface area contributed by atoms with Crippen LogP contribution in [0.1, 0.15) is 24.5 Å². The summed E-state index contributed by atoms with van der Waals surface area (Å²) in [6.07, 6.45) is 1.33. The SMILES string of the molecule is CC(=O)NCCC#Cc1ccc(CCO)cc1. The number of amides is 1. The lowest BCUT2D eigenvalue weighted by molar-refractivity contribution is -0.118. The predicted octanol–water partition coefficient (Wildman–Crippen LogP) is 1.10. The van der Waals surface area contributed by atoms with Crippen molar-refractivity contribution in [1.82, 2.24) is 5.32 Å². The molecule has 0 aliphatic rings. The Balaban J connectivity index is 2.40. The van der Waals surface area contributed by atoms with Gasteiger partial charge in [0.1, 0.15) is 0 Å². The monoisotopic (exact) mass is 231 g/mol. The number of aliphatic hydroxyl groups is 1.